The third-order valence-electron chi connectivity index (χ3n) is 1.21. The van der Waals surface area contributed by atoms with E-state index >= 15 is 0 Å². The van der Waals surface area contributed by atoms with Gasteiger partial charge in [-0.3, -0.25) is 0 Å². The van der Waals surface area contributed by atoms with Crippen LogP contribution in [0.25, 0.3) is 0 Å². The number of rotatable bonds is 1. The largest absolute Gasteiger partial charge is 0.240 e. The Morgan fingerprint density at radius 1 is 1.70 bits per heavy atom. The molecule has 0 bridgehead atoms. The van der Waals surface area contributed by atoms with Crippen molar-refractivity contribution >= 4 is 11.8 Å². The molecule has 2 heteroatoms. The van der Waals surface area contributed by atoms with E-state index in [1.54, 1.807) is 18.2 Å². The van der Waals surface area contributed by atoms with Gasteiger partial charge in [-0.2, -0.15) is 4.99 Å². The quantitative estimate of drug-likeness (QED) is 0.423. The molecular weight excluding hydrogens is 126 g/mol. The Kier molecular flexibility index (Phi) is 1.98. The SMILES string of the molecule is Cc1c[c]ccc1N=C=O. The standard InChI is InChI=1S/C8H6NO/c1-7-4-2-3-5-8(7)9-6-10/h3-5H,1H3. The van der Waals surface area contributed by atoms with Crippen LogP contribution in [0.1, 0.15) is 5.56 Å². The van der Waals surface area contributed by atoms with Gasteiger partial charge in [0.05, 0.1) is 5.69 Å². The smallest absolute Gasteiger partial charge is 0.211 e. The minimum absolute atomic E-state index is 0.661. The fourth-order valence-electron chi connectivity index (χ4n) is 0.680. The summed E-state index contributed by atoms with van der Waals surface area (Å²) in [7, 11) is 0. The molecule has 0 N–H and O–H groups in total. The van der Waals surface area contributed by atoms with Crippen LogP contribution in [-0.4, -0.2) is 6.08 Å². The number of benzene rings is 1. The van der Waals surface area contributed by atoms with Crippen molar-refractivity contribution in [3.8, 4) is 0 Å². The Hall–Kier alpha value is -1.40. The normalized spacial score (nSPS) is 8.50. The molecule has 0 fully saturated rings. The highest BCUT2D eigenvalue weighted by molar-refractivity contribution is 5.52. The molecule has 0 aliphatic rings. The highest BCUT2D eigenvalue weighted by Crippen LogP contribution is 2.14. The van der Waals surface area contributed by atoms with Gasteiger partial charge in [-0.25, -0.2) is 4.79 Å². The Morgan fingerprint density at radius 2 is 2.50 bits per heavy atom. The van der Waals surface area contributed by atoms with Gasteiger partial charge < -0.3 is 0 Å². The number of nitrogens with zero attached hydrogens (tertiary/aromatic N) is 1. The second-order valence-electron chi connectivity index (χ2n) is 1.92. The van der Waals surface area contributed by atoms with Crippen LogP contribution in [-0.2, 0) is 4.79 Å². The van der Waals surface area contributed by atoms with Gasteiger partial charge >= 0.3 is 0 Å². The first-order chi connectivity index (χ1) is 4.84. The number of carbonyl (C=O) groups excluding carboxylic acids is 1. The fourth-order valence-corrected chi connectivity index (χ4v) is 0.680. The number of aryl methyl sites for hydroxylation is 1. The number of isocyanates is 1. The van der Waals surface area contributed by atoms with E-state index in [4.69, 9.17) is 0 Å². The van der Waals surface area contributed by atoms with Crippen LogP contribution in [0.3, 0.4) is 0 Å². The van der Waals surface area contributed by atoms with Crippen molar-refractivity contribution in [3.63, 3.8) is 0 Å². The predicted octanol–water partition coefficient (Wildman–Crippen LogP) is 1.76. The maximum Gasteiger partial charge on any atom is 0.240 e. The van der Waals surface area contributed by atoms with Crippen molar-refractivity contribution < 1.29 is 4.79 Å². The molecule has 49 valence electrons. The van der Waals surface area contributed by atoms with Crippen molar-refractivity contribution in [3.05, 3.63) is 29.8 Å². The lowest BCUT2D eigenvalue weighted by molar-refractivity contribution is 0.565. The lowest BCUT2D eigenvalue weighted by Gasteiger charge is -1.92. The Labute approximate surface area is 59.2 Å². The highest BCUT2D eigenvalue weighted by Gasteiger charge is 1.90. The summed E-state index contributed by atoms with van der Waals surface area (Å²) in [5.41, 5.74) is 1.60. The summed E-state index contributed by atoms with van der Waals surface area (Å²) in [6.07, 6.45) is 1.49. The van der Waals surface area contributed by atoms with Crippen molar-refractivity contribution in [2.45, 2.75) is 6.92 Å². The minimum Gasteiger partial charge on any atom is -0.211 e. The Bertz CT molecular complexity index is 274. The topological polar surface area (TPSA) is 29.4 Å². The first-order valence-electron chi connectivity index (χ1n) is 2.89. The van der Waals surface area contributed by atoms with E-state index in [-0.39, 0.29) is 0 Å². The van der Waals surface area contributed by atoms with Gasteiger partial charge in [0.1, 0.15) is 0 Å². The molecule has 0 spiro atoms. The summed E-state index contributed by atoms with van der Waals surface area (Å²) >= 11 is 0. The second kappa shape index (κ2) is 2.95. The third-order valence-corrected chi connectivity index (χ3v) is 1.21. The minimum atomic E-state index is 0.661. The maximum absolute atomic E-state index is 9.82. The molecule has 1 aromatic rings. The summed E-state index contributed by atoms with van der Waals surface area (Å²) in [4.78, 5) is 13.3. The summed E-state index contributed by atoms with van der Waals surface area (Å²) < 4.78 is 0. The Balaban J connectivity index is 3.14. The van der Waals surface area contributed by atoms with Gasteiger partial charge in [-0.1, -0.05) is 6.07 Å². The van der Waals surface area contributed by atoms with Crippen molar-refractivity contribution in [1.82, 2.24) is 0 Å². The molecule has 0 heterocycles. The molecule has 0 saturated carbocycles. The van der Waals surface area contributed by atoms with E-state index in [9.17, 15) is 4.79 Å². The van der Waals surface area contributed by atoms with Gasteiger partial charge in [0.2, 0.25) is 6.08 Å². The lowest BCUT2D eigenvalue weighted by Crippen LogP contribution is -1.70. The zero-order chi connectivity index (χ0) is 7.40. The molecular formula is C8H6NO. The van der Waals surface area contributed by atoms with Crippen molar-refractivity contribution in [1.29, 1.82) is 0 Å². The molecule has 0 amide bonds. The number of hydrogen-bond donors (Lipinski definition) is 0. The van der Waals surface area contributed by atoms with Crippen LogP contribution in [0.4, 0.5) is 5.69 Å². The van der Waals surface area contributed by atoms with Gasteiger partial charge in [0, 0.05) is 0 Å². The van der Waals surface area contributed by atoms with E-state index in [1.165, 1.54) is 6.08 Å². The third kappa shape index (κ3) is 1.30. The van der Waals surface area contributed by atoms with Gasteiger partial charge in [0.25, 0.3) is 0 Å². The summed E-state index contributed by atoms with van der Waals surface area (Å²) in [6, 6.07) is 8.08. The first-order valence-corrected chi connectivity index (χ1v) is 2.89. The molecule has 1 radical (unpaired) electrons. The lowest BCUT2D eigenvalue weighted by atomic mass is 10.2. The van der Waals surface area contributed by atoms with Crippen LogP contribution in [0.15, 0.2) is 23.2 Å². The van der Waals surface area contributed by atoms with E-state index < -0.39 is 0 Å². The Morgan fingerprint density at radius 3 is 3.10 bits per heavy atom. The first kappa shape index (κ1) is 6.72. The van der Waals surface area contributed by atoms with Crippen LogP contribution in [0.2, 0.25) is 0 Å². The average molecular weight is 132 g/mol. The number of aliphatic imine (C=N–C) groups is 1. The van der Waals surface area contributed by atoms with E-state index in [2.05, 4.69) is 11.1 Å². The van der Waals surface area contributed by atoms with Gasteiger partial charge in [0.15, 0.2) is 0 Å². The summed E-state index contributed by atoms with van der Waals surface area (Å²) in [6.45, 7) is 1.87. The van der Waals surface area contributed by atoms with Crippen LogP contribution < -0.4 is 0 Å². The molecule has 0 saturated heterocycles. The van der Waals surface area contributed by atoms with Gasteiger partial charge in [-0.15, -0.1) is 0 Å². The van der Waals surface area contributed by atoms with E-state index in [0.717, 1.165) is 5.56 Å². The van der Waals surface area contributed by atoms with Gasteiger partial charge in [-0.05, 0) is 30.7 Å². The fraction of sp³-hybridized carbons (Fsp3) is 0.125. The molecule has 10 heavy (non-hydrogen) atoms. The number of hydrogen-bond acceptors (Lipinski definition) is 2. The van der Waals surface area contributed by atoms with Crippen LogP contribution in [0.5, 0.6) is 0 Å². The summed E-state index contributed by atoms with van der Waals surface area (Å²) in [5, 5.41) is 0. The average Bonchev–Trinajstić information content (AvgIpc) is 1.94. The van der Waals surface area contributed by atoms with Crippen molar-refractivity contribution in [2.75, 3.05) is 0 Å². The van der Waals surface area contributed by atoms with Crippen LogP contribution >= 0.6 is 0 Å². The predicted molar refractivity (Wildman–Crippen MR) is 37.8 cm³/mol. The molecule has 0 unspecified atom stereocenters. The van der Waals surface area contributed by atoms with E-state index in [1.807, 2.05) is 6.92 Å². The van der Waals surface area contributed by atoms with Crippen molar-refractivity contribution in [2.24, 2.45) is 4.99 Å². The zero-order valence-electron chi connectivity index (χ0n) is 5.59. The molecule has 0 aromatic heterocycles. The zero-order valence-corrected chi connectivity index (χ0v) is 5.59. The molecule has 0 aliphatic carbocycles. The molecule has 2 nitrogen and oxygen atoms in total. The van der Waals surface area contributed by atoms with Crippen LogP contribution in [0, 0.1) is 13.0 Å². The maximum atomic E-state index is 9.82. The monoisotopic (exact) mass is 132 g/mol. The second-order valence-corrected chi connectivity index (χ2v) is 1.92. The molecule has 0 aliphatic heterocycles. The molecule has 0 atom stereocenters. The van der Waals surface area contributed by atoms with E-state index in [0.29, 0.717) is 5.69 Å². The molecule has 1 rings (SSSR count). The molecule has 1 aromatic carbocycles. The summed E-state index contributed by atoms with van der Waals surface area (Å²) in [5.74, 6) is 0. The highest BCUT2D eigenvalue weighted by atomic mass is 16.1.